The van der Waals surface area contributed by atoms with Crippen molar-refractivity contribution in [2.45, 2.75) is 12.5 Å². The topological polar surface area (TPSA) is 66.1 Å². The Morgan fingerprint density at radius 3 is 2.64 bits per heavy atom. The van der Waals surface area contributed by atoms with Crippen LogP contribution >= 0.6 is 0 Å². The third-order valence-corrected chi connectivity index (χ3v) is 6.18. The molecule has 2 heterocycles. The molecule has 33 heavy (non-hydrogen) atoms. The van der Waals surface area contributed by atoms with Crippen molar-refractivity contribution < 1.29 is 14.3 Å². The van der Waals surface area contributed by atoms with Gasteiger partial charge in [0, 0.05) is 50.3 Å². The van der Waals surface area contributed by atoms with E-state index in [2.05, 4.69) is 69.0 Å². The van der Waals surface area contributed by atoms with Crippen molar-refractivity contribution in [3.05, 3.63) is 77.9 Å². The molecule has 7 nitrogen and oxygen atoms in total. The summed E-state index contributed by atoms with van der Waals surface area (Å²) < 4.78 is 10.7. The van der Waals surface area contributed by atoms with Crippen LogP contribution in [0, 0.1) is 0 Å². The Hall–Kier alpha value is -3.87. The zero-order valence-corrected chi connectivity index (χ0v) is 18.9. The third kappa shape index (κ3) is 4.39. The zero-order valence-electron chi connectivity index (χ0n) is 18.9. The maximum absolute atomic E-state index is 12.7. The van der Waals surface area contributed by atoms with E-state index in [1.807, 2.05) is 14.1 Å². The van der Waals surface area contributed by atoms with E-state index in [9.17, 15) is 4.79 Å². The fourth-order valence-electron chi connectivity index (χ4n) is 4.43. The van der Waals surface area contributed by atoms with E-state index in [-0.39, 0.29) is 18.9 Å². The summed E-state index contributed by atoms with van der Waals surface area (Å²) in [6, 6.07) is 22.2. The lowest BCUT2D eigenvalue weighted by Gasteiger charge is -2.31. The summed E-state index contributed by atoms with van der Waals surface area (Å²) in [6.07, 6.45) is 1.01. The van der Waals surface area contributed by atoms with Gasteiger partial charge in [0.15, 0.2) is 11.5 Å². The lowest BCUT2D eigenvalue weighted by molar-refractivity contribution is 0.174. The molecule has 0 aliphatic carbocycles. The molecule has 0 spiro atoms. The number of nitrogens with zero attached hydrogens (tertiary/aromatic N) is 2. The van der Waals surface area contributed by atoms with Gasteiger partial charge in [-0.25, -0.2) is 4.79 Å². The number of ether oxygens (including phenoxy) is 2. The fraction of sp³-hybridized carbons (Fsp3) is 0.269. The molecule has 0 saturated carbocycles. The molecule has 1 atom stereocenters. The van der Waals surface area contributed by atoms with E-state index in [1.165, 1.54) is 16.8 Å². The fourth-order valence-corrected chi connectivity index (χ4v) is 4.43. The van der Waals surface area contributed by atoms with Gasteiger partial charge in [-0.1, -0.05) is 30.3 Å². The highest BCUT2D eigenvalue weighted by molar-refractivity contribution is 5.89. The second-order valence-corrected chi connectivity index (χ2v) is 8.48. The van der Waals surface area contributed by atoms with Gasteiger partial charge in [-0.3, -0.25) is 0 Å². The standard InChI is InChI=1S/C26H28N4O3/c1-29(2)21-10-7-19(8-11-21)23(30-14-13-18-5-3-4-6-22(18)30)16-27-26(31)28-20-9-12-24-25(15-20)33-17-32-24/h3-12,15,23H,13-14,16-17H2,1-2H3,(H2,27,28,31). The van der Waals surface area contributed by atoms with Gasteiger partial charge in [-0.15, -0.1) is 0 Å². The van der Waals surface area contributed by atoms with Gasteiger partial charge in [0.25, 0.3) is 0 Å². The van der Waals surface area contributed by atoms with Crippen molar-refractivity contribution in [2.75, 3.05) is 49.1 Å². The third-order valence-electron chi connectivity index (χ3n) is 6.18. The number of anilines is 3. The highest BCUT2D eigenvalue weighted by Crippen LogP contribution is 2.36. The minimum absolute atomic E-state index is 0.0207. The van der Waals surface area contributed by atoms with E-state index in [0.717, 1.165) is 18.7 Å². The van der Waals surface area contributed by atoms with Gasteiger partial charge < -0.3 is 29.9 Å². The molecule has 170 valence electrons. The van der Waals surface area contributed by atoms with E-state index in [1.54, 1.807) is 18.2 Å². The van der Waals surface area contributed by atoms with Crippen LogP contribution in [0.3, 0.4) is 0 Å². The monoisotopic (exact) mass is 444 g/mol. The van der Waals surface area contributed by atoms with Crippen LogP contribution in [0.25, 0.3) is 0 Å². The quantitative estimate of drug-likeness (QED) is 0.590. The van der Waals surface area contributed by atoms with Crippen LogP contribution in [0.4, 0.5) is 21.9 Å². The largest absolute Gasteiger partial charge is 0.454 e. The summed E-state index contributed by atoms with van der Waals surface area (Å²) in [5.74, 6) is 1.33. The lowest BCUT2D eigenvalue weighted by atomic mass is 10.0. The molecule has 0 aromatic heterocycles. The number of nitrogens with one attached hydrogen (secondary N) is 2. The number of hydrogen-bond donors (Lipinski definition) is 2. The number of para-hydroxylation sites is 1. The summed E-state index contributed by atoms with van der Waals surface area (Å²) >= 11 is 0. The SMILES string of the molecule is CN(C)c1ccc(C(CNC(=O)Nc2ccc3c(c2)OCO3)N2CCc3ccccc32)cc1. The van der Waals surface area contributed by atoms with Crippen LogP contribution in [0.15, 0.2) is 66.7 Å². The second-order valence-electron chi connectivity index (χ2n) is 8.48. The van der Waals surface area contributed by atoms with Crippen molar-refractivity contribution in [3.63, 3.8) is 0 Å². The molecular formula is C26H28N4O3. The van der Waals surface area contributed by atoms with Crippen LogP contribution < -0.4 is 29.9 Å². The number of fused-ring (bicyclic) bond motifs is 2. The number of amides is 2. The normalized spacial score (nSPS) is 14.5. The number of carbonyl (C=O) groups is 1. The van der Waals surface area contributed by atoms with Crippen molar-refractivity contribution in [1.82, 2.24) is 5.32 Å². The van der Waals surface area contributed by atoms with E-state index < -0.39 is 0 Å². The Labute approximate surface area is 193 Å². The first-order valence-electron chi connectivity index (χ1n) is 11.1. The Morgan fingerprint density at radius 1 is 1.03 bits per heavy atom. The molecular weight excluding hydrogens is 416 g/mol. The summed E-state index contributed by atoms with van der Waals surface area (Å²) in [5, 5.41) is 5.97. The van der Waals surface area contributed by atoms with Gasteiger partial charge in [0.1, 0.15) is 0 Å². The zero-order chi connectivity index (χ0) is 22.8. The molecule has 2 aliphatic rings. The van der Waals surface area contributed by atoms with Crippen LogP contribution in [-0.4, -0.2) is 40.0 Å². The maximum Gasteiger partial charge on any atom is 0.319 e. The Balaban J connectivity index is 1.33. The molecule has 2 aliphatic heterocycles. The number of carbonyl (C=O) groups excluding carboxylic acids is 1. The van der Waals surface area contributed by atoms with Crippen LogP contribution in [-0.2, 0) is 6.42 Å². The molecule has 3 aromatic rings. The highest BCUT2D eigenvalue weighted by Gasteiger charge is 2.27. The molecule has 0 radical (unpaired) electrons. The van der Waals surface area contributed by atoms with Gasteiger partial charge in [-0.2, -0.15) is 0 Å². The van der Waals surface area contributed by atoms with Crippen molar-refractivity contribution in [2.24, 2.45) is 0 Å². The smallest absolute Gasteiger partial charge is 0.319 e. The minimum atomic E-state index is -0.253. The molecule has 2 N–H and O–H groups in total. The van der Waals surface area contributed by atoms with Crippen molar-refractivity contribution in [1.29, 1.82) is 0 Å². The van der Waals surface area contributed by atoms with Crippen molar-refractivity contribution >= 4 is 23.1 Å². The van der Waals surface area contributed by atoms with Gasteiger partial charge in [0.2, 0.25) is 6.79 Å². The van der Waals surface area contributed by atoms with E-state index in [0.29, 0.717) is 23.7 Å². The van der Waals surface area contributed by atoms with Gasteiger partial charge in [0.05, 0.1) is 6.04 Å². The van der Waals surface area contributed by atoms with E-state index in [4.69, 9.17) is 9.47 Å². The summed E-state index contributed by atoms with van der Waals surface area (Å²) in [6.45, 7) is 1.60. The van der Waals surface area contributed by atoms with Gasteiger partial charge in [-0.05, 0) is 47.9 Å². The molecule has 0 saturated heterocycles. The van der Waals surface area contributed by atoms with Crippen LogP contribution in [0.2, 0.25) is 0 Å². The first kappa shape index (κ1) is 21.0. The predicted octanol–water partition coefficient (Wildman–Crippen LogP) is 4.41. The van der Waals surface area contributed by atoms with E-state index >= 15 is 0 Å². The Bertz CT molecular complexity index is 1150. The Morgan fingerprint density at radius 2 is 1.82 bits per heavy atom. The molecule has 5 rings (SSSR count). The molecule has 0 fully saturated rings. The van der Waals surface area contributed by atoms with Gasteiger partial charge >= 0.3 is 6.03 Å². The van der Waals surface area contributed by atoms with Crippen molar-refractivity contribution in [3.8, 4) is 11.5 Å². The molecule has 2 amide bonds. The number of rotatable bonds is 6. The lowest BCUT2D eigenvalue weighted by Crippen LogP contribution is -2.39. The number of urea groups is 1. The number of hydrogen-bond acceptors (Lipinski definition) is 5. The first-order chi connectivity index (χ1) is 16.1. The predicted molar refractivity (Wildman–Crippen MR) is 131 cm³/mol. The summed E-state index contributed by atoms with van der Waals surface area (Å²) in [7, 11) is 4.07. The molecule has 7 heteroatoms. The second kappa shape index (κ2) is 8.94. The average molecular weight is 445 g/mol. The highest BCUT2D eigenvalue weighted by atomic mass is 16.7. The maximum atomic E-state index is 12.7. The molecule has 1 unspecified atom stereocenters. The summed E-state index contributed by atoms with van der Waals surface area (Å²) in [5.41, 5.74) is 5.55. The van der Waals surface area contributed by atoms with Crippen LogP contribution in [0.5, 0.6) is 11.5 Å². The minimum Gasteiger partial charge on any atom is -0.454 e. The molecule has 3 aromatic carbocycles. The number of benzene rings is 3. The average Bonchev–Trinajstić information content (AvgIpc) is 3.46. The van der Waals surface area contributed by atoms with Crippen LogP contribution in [0.1, 0.15) is 17.2 Å². The Kier molecular flexibility index (Phi) is 5.69. The first-order valence-corrected chi connectivity index (χ1v) is 11.1. The molecule has 0 bridgehead atoms. The summed E-state index contributed by atoms with van der Waals surface area (Å²) in [4.78, 5) is 17.2.